The zero-order chi connectivity index (χ0) is 16.2. The van der Waals surface area contributed by atoms with Gasteiger partial charge in [0, 0.05) is 12.6 Å². The number of nitrogens with one attached hydrogen (secondary N) is 1. The molecule has 3 N–H and O–H groups in total. The maximum atomic E-state index is 12.3. The number of nitrogens with zero attached hydrogens (tertiary/aromatic N) is 1. The molecule has 1 aromatic rings. The lowest BCUT2D eigenvalue weighted by Crippen LogP contribution is -2.32. The van der Waals surface area contributed by atoms with Crippen molar-refractivity contribution in [3.8, 4) is 0 Å². The second kappa shape index (κ2) is 6.67. The molecule has 0 aromatic heterocycles. The number of benzene rings is 1. The highest BCUT2D eigenvalue weighted by molar-refractivity contribution is 5.95. The van der Waals surface area contributed by atoms with Crippen molar-refractivity contribution in [1.82, 2.24) is 0 Å². The van der Waals surface area contributed by atoms with Crippen LogP contribution in [0.4, 0.5) is 11.4 Å². The van der Waals surface area contributed by atoms with Gasteiger partial charge in [-0.15, -0.1) is 0 Å². The number of rotatable bonds is 5. The van der Waals surface area contributed by atoms with E-state index < -0.39 is 4.92 Å². The minimum absolute atomic E-state index is 0.0418. The summed E-state index contributed by atoms with van der Waals surface area (Å²) in [6.45, 7) is 8.10. The van der Waals surface area contributed by atoms with Gasteiger partial charge in [-0.05, 0) is 30.4 Å². The fourth-order valence-electron chi connectivity index (χ4n) is 2.17. The summed E-state index contributed by atoms with van der Waals surface area (Å²) in [4.78, 5) is 22.8. The highest BCUT2D eigenvalue weighted by atomic mass is 16.6. The predicted octanol–water partition coefficient (Wildman–Crippen LogP) is 2.85. The average molecular weight is 293 g/mol. The Morgan fingerprint density at radius 3 is 2.52 bits per heavy atom. The highest BCUT2D eigenvalue weighted by Gasteiger charge is 2.25. The Balaban J connectivity index is 2.96. The molecule has 21 heavy (non-hydrogen) atoms. The van der Waals surface area contributed by atoms with Gasteiger partial charge in [0.1, 0.15) is 5.69 Å². The summed E-state index contributed by atoms with van der Waals surface area (Å²) in [5.74, 6) is -0.647. The van der Waals surface area contributed by atoms with Gasteiger partial charge in [-0.25, -0.2) is 0 Å². The molecule has 1 atom stereocenters. The van der Waals surface area contributed by atoms with Crippen LogP contribution in [-0.2, 0) is 4.79 Å². The molecule has 116 valence electrons. The van der Waals surface area contributed by atoms with Gasteiger partial charge in [0.15, 0.2) is 0 Å². The SMILES string of the molecule is Cc1ccc([N+](=O)[O-])c(NC(=O)C(CN)CC(C)(C)C)c1. The Hall–Kier alpha value is -1.95. The summed E-state index contributed by atoms with van der Waals surface area (Å²) in [6, 6.07) is 4.64. The van der Waals surface area contributed by atoms with Gasteiger partial charge < -0.3 is 11.1 Å². The fraction of sp³-hybridized carbons (Fsp3) is 0.533. The Bertz CT molecular complexity index is 535. The number of nitrogens with two attached hydrogens (primary N) is 1. The topological polar surface area (TPSA) is 98.3 Å². The van der Waals surface area contributed by atoms with Crippen LogP contribution in [0.1, 0.15) is 32.8 Å². The molecule has 0 fully saturated rings. The predicted molar refractivity (Wildman–Crippen MR) is 83.1 cm³/mol. The second-order valence-electron chi connectivity index (χ2n) is 6.46. The van der Waals surface area contributed by atoms with E-state index in [0.717, 1.165) is 5.56 Å². The first-order valence-electron chi connectivity index (χ1n) is 6.90. The summed E-state index contributed by atoms with van der Waals surface area (Å²) < 4.78 is 0. The first kappa shape index (κ1) is 17.1. The van der Waals surface area contributed by atoms with Crippen LogP contribution in [0, 0.1) is 28.4 Å². The van der Waals surface area contributed by atoms with Crippen molar-refractivity contribution in [2.45, 2.75) is 34.1 Å². The summed E-state index contributed by atoms with van der Waals surface area (Å²) in [6.07, 6.45) is 0.620. The van der Waals surface area contributed by atoms with E-state index in [-0.39, 0.29) is 35.2 Å². The maximum absolute atomic E-state index is 12.3. The van der Waals surface area contributed by atoms with Gasteiger partial charge in [-0.2, -0.15) is 0 Å². The fourth-order valence-corrected chi connectivity index (χ4v) is 2.17. The van der Waals surface area contributed by atoms with E-state index >= 15 is 0 Å². The number of nitro groups is 1. The maximum Gasteiger partial charge on any atom is 0.292 e. The second-order valence-corrected chi connectivity index (χ2v) is 6.46. The quantitative estimate of drug-likeness (QED) is 0.644. The van der Waals surface area contributed by atoms with Crippen LogP contribution in [0.25, 0.3) is 0 Å². The van der Waals surface area contributed by atoms with E-state index in [2.05, 4.69) is 5.32 Å². The van der Waals surface area contributed by atoms with Crippen LogP contribution in [0.2, 0.25) is 0 Å². The van der Waals surface area contributed by atoms with Crippen LogP contribution in [-0.4, -0.2) is 17.4 Å². The lowest BCUT2D eigenvalue weighted by Gasteiger charge is -2.24. The van der Waals surface area contributed by atoms with Gasteiger partial charge >= 0.3 is 0 Å². The molecule has 1 unspecified atom stereocenters. The first-order valence-corrected chi connectivity index (χ1v) is 6.90. The van der Waals surface area contributed by atoms with Crippen molar-refractivity contribution in [3.63, 3.8) is 0 Å². The molecule has 0 aliphatic carbocycles. The van der Waals surface area contributed by atoms with E-state index in [4.69, 9.17) is 5.73 Å². The van der Waals surface area contributed by atoms with E-state index in [0.29, 0.717) is 6.42 Å². The molecular formula is C15H23N3O3. The number of hydrogen-bond acceptors (Lipinski definition) is 4. The third-order valence-electron chi connectivity index (χ3n) is 3.12. The summed E-state index contributed by atoms with van der Waals surface area (Å²) in [7, 11) is 0. The van der Waals surface area contributed by atoms with Crippen molar-refractivity contribution >= 4 is 17.3 Å². The van der Waals surface area contributed by atoms with Crippen LogP contribution in [0.3, 0.4) is 0 Å². The lowest BCUT2D eigenvalue weighted by molar-refractivity contribution is -0.383. The highest BCUT2D eigenvalue weighted by Crippen LogP contribution is 2.28. The van der Waals surface area contributed by atoms with Gasteiger partial charge in [-0.1, -0.05) is 26.8 Å². The lowest BCUT2D eigenvalue weighted by atomic mass is 9.84. The molecule has 6 heteroatoms. The molecule has 6 nitrogen and oxygen atoms in total. The number of anilines is 1. The number of aryl methyl sites for hydroxylation is 1. The minimum Gasteiger partial charge on any atom is -0.330 e. The van der Waals surface area contributed by atoms with Crippen molar-refractivity contribution < 1.29 is 9.72 Å². The van der Waals surface area contributed by atoms with Crippen molar-refractivity contribution in [2.75, 3.05) is 11.9 Å². The average Bonchev–Trinajstić information content (AvgIpc) is 2.34. The number of hydrogen-bond donors (Lipinski definition) is 2. The summed E-state index contributed by atoms with van der Waals surface area (Å²) >= 11 is 0. The third kappa shape index (κ3) is 5.15. The van der Waals surface area contributed by atoms with Crippen molar-refractivity contribution in [3.05, 3.63) is 33.9 Å². The first-order chi connectivity index (χ1) is 9.64. The molecule has 0 aliphatic heterocycles. The number of amides is 1. The Morgan fingerprint density at radius 2 is 2.05 bits per heavy atom. The molecule has 0 bridgehead atoms. The molecule has 0 saturated heterocycles. The molecule has 1 aromatic carbocycles. The van der Waals surface area contributed by atoms with E-state index in [1.165, 1.54) is 6.07 Å². The van der Waals surface area contributed by atoms with Gasteiger partial charge in [-0.3, -0.25) is 14.9 Å². The number of carbonyl (C=O) groups is 1. The molecule has 0 radical (unpaired) electrons. The third-order valence-corrected chi connectivity index (χ3v) is 3.12. The molecular weight excluding hydrogens is 270 g/mol. The largest absolute Gasteiger partial charge is 0.330 e. The molecule has 1 rings (SSSR count). The summed E-state index contributed by atoms with van der Waals surface area (Å²) in [5, 5.41) is 13.7. The van der Waals surface area contributed by atoms with Gasteiger partial charge in [0.05, 0.1) is 10.8 Å². The smallest absolute Gasteiger partial charge is 0.292 e. The molecule has 0 saturated carbocycles. The van der Waals surface area contributed by atoms with Crippen LogP contribution in [0.15, 0.2) is 18.2 Å². The molecule has 0 heterocycles. The van der Waals surface area contributed by atoms with E-state index in [1.54, 1.807) is 12.1 Å². The van der Waals surface area contributed by atoms with Gasteiger partial charge in [0.2, 0.25) is 5.91 Å². The van der Waals surface area contributed by atoms with Crippen LogP contribution < -0.4 is 11.1 Å². The number of nitro benzene ring substituents is 1. The monoisotopic (exact) mass is 293 g/mol. The zero-order valence-electron chi connectivity index (χ0n) is 13.0. The Labute approximate surface area is 124 Å². The minimum atomic E-state index is -0.504. The van der Waals surface area contributed by atoms with Crippen molar-refractivity contribution in [1.29, 1.82) is 0 Å². The van der Waals surface area contributed by atoms with Crippen molar-refractivity contribution in [2.24, 2.45) is 17.1 Å². The zero-order valence-corrected chi connectivity index (χ0v) is 13.0. The molecule has 1 amide bonds. The Kier molecular flexibility index (Phi) is 5.43. The normalized spacial score (nSPS) is 12.8. The Morgan fingerprint density at radius 1 is 1.43 bits per heavy atom. The standard InChI is InChI=1S/C15H23N3O3/c1-10-5-6-13(18(20)21)12(7-10)17-14(19)11(9-16)8-15(2,3)4/h5-7,11H,8-9,16H2,1-4H3,(H,17,19). The van der Waals surface area contributed by atoms with E-state index in [1.807, 2.05) is 27.7 Å². The van der Waals surface area contributed by atoms with E-state index in [9.17, 15) is 14.9 Å². The van der Waals surface area contributed by atoms with Gasteiger partial charge in [0.25, 0.3) is 5.69 Å². The molecule has 0 aliphatic rings. The van der Waals surface area contributed by atoms with Crippen LogP contribution in [0.5, 0.6) is 0 Å². The number of carbonyl (C=O) groups excluding carboxylic acids is 1. The molecule has 0 spiro atoms. The summed E-state index contributed by atoms with van der Waals surface area (Å²) in [5.41, 5.74) is 6.58. The van der Waals surface area contributed by atoms with Crippen LogP contribution >= 0.6 is 0 Å².